The van der Waals surface area contributed by atoms with E-state index in [9.17, 15) is 9.59 Å². The summed E-state index contributed by atoms with van der Waals surface area (Å²) in [7, 11) is 1.53. The van der Waals surface area contributed by atoms with Crippen LogP contribution in [-0.2, 0) is 19.2 Å². The van der Waals surface area contributed by atoms with Gasteiger partial charge in [0.1, 0.15) is 0 Å². The molecule has 6 heteroatoms. The smallest absolute Gasteiger partial charge is 0.307 e. The van der Waals surface area contributed by atoms with E-state index in [0.717, 1.165) is 12.8 Å². The van der Waals surface area contributed by atoms with E-state index in [0.29, 0.717) is 19.4 Å². The lowest BCUT2D eigenvalue weighted by atomic mass is 9.79. The molecule has 0 heterocycles. The van der Waals surface area contributed by atoms with Gasteiger partial charge in [0.15, 0.2) is 0 Å². The summed E-state index contributed by atoms with van der Waals surface area (Å²) in [6.45, 7) is 0.639. The van der Waals surface area contributed by atoms with Crippen molar-refractivity contribution in [2.24, 2.45) is 11.8 Å². The van der Waals surface area contributed by atoms with Crippen molar-refractivity contribution in [3.8, 4) is 0 Å². The van der Waals surface area contributed by atoms with Gasteiger partial charge in [-0.2, -0.15) is 0 Å². The normalized spacial score (nSPS) is 24.3. The van der Waals surface area contributed by atoms with Crippen LogP contribution in [0.4, 0.5) is 0 Å². The highest BCUT2D eigenvalue weighted by Crippen LogP contribution is 2.30. The lowest BCUT2D eigenvalue weighted by molar-refractivity contribution is -0.153. The first kappa shape index (κ1) is 13.9. The minimum atomic E-state index is -0.901. The molecule has 0 aromatic rings. The Morgan fingerprint density at radius 3 is 2.47 bits per heavy atom. The van der Waals surface area contributed by atoms with E-state index in [-0.39, 0.29) is 12.5 Å². The number of hydrogen-bond donors (Lipinski definition) is 2. The first-order valence-electron chi connectivity index (χ1n) is 5.80. The van der Waals surface area contributed by atoms with E-state index in [4.69, 9.17) is 14.7 Å². The third-order valence-corrected chi connectivity index (χ3v) is 2.98. The maximum absolute atomic E-state index is 11.7. The summed E-state index contributed by atoms with van der Waals surface area (Å²) >= 11 is 0. The highest BCUT2D eigenvalue weighted by molar-refractivity contribution is 5.84. The Morgan fingerprint density at radius 1 is 1.24 bits per heavy atom. The molecule has 1 aliphatic carbocycles. The zero-order valence-corrected chi connectivity index (χ0v) is 9.98. The van der Waals surface area contributed by atoms with Crippen LogP contribution in [0.3, 0.4) is 0 Å². The van der Waals surface area contributed by atoms with Crippen molar-refractivity contribution in [2.45, 2.75) is 25.7 Å². The number of hydrogen-bond acceptors (Lipinski definition) is 4. The minimum Gasteiger partial charge on any atom is -0.481 e. The zero-order chi connectivity index (χ0) is 12.7. The largest absolute Gasteiger partial charge is 0.481 e. The van der Waals surface area contributed by atoms with Crippen molar-refractivity contribution in [1.82, 2.24) is 5.48 Å². The second-order valence-corrected chi connectivity index (χ2v) is 4.14. The molecular weight excluding hydrogens is 226 g/mol. The number of rotatable bonds is 6. The summed E-state index contributed by atoms with van der Waals surface area (Å²) in [4.78, 5) is 27.6. The van der Waals surface area contributed by atoms with Crippen LogP contribution < -0.4 is 5.48 Å². The summed E-state index contributed by atoms with van der Waals surface area (Å²) in [6.07, 6.45) is 2.92. The van der Waals surface area contributed by atoms with E-state index in [1.54, 1.807) is 0 Å². The highest BCUT2D eigenvalue weighted by atomic mass is 16.7. The third-order valence-electron chi connectivity index (χ3n) is 2.98. The Hall–Kier alpha value is -1.14. The molecule has 1 aliphatic rings. The number of carboxylic acids is 1. The fourth-order valence-corrected chi connectivity index (χ4v) is 2.06. The minimum absolute atomic E-state index is 0.257. The standard InChI is InChI=1S/C11H19NO5/c1-16-6-7-17-12-10(13)8-4-2-3-5-9(8)11(14)15/h8-9H,2-7H2,1H3,(H,12,13)(H,14,15)/t8-,9+/m1/s1. The van der Waals surface area contributed by atoms with Crippen LogP contribution in [0.25, 0.3) is 0 Å². The molecule has 0 saturated heterocycles. The molecule has 1 fully saturated rings. The van der Waals surface area contributed by atoms with Gasteiger partial charge >= 0.3 is 5.97 Å². The molecule has 98 valence electrons. The molecule has 0 radical (unpaired) electrons. The van der Waals surface area contributed by atoms with Crippen molar-refractivity contribution in [3.05, 3.63) is 0 Å². The van der Waals surface area contributed by atoms with E-state index >= 15 is 0 Å². The van der Waals surface area contributed by atoms with Gasteiger partial charge in [0.25, 0.3) is 0 Å². The topological polar surface area (TPSA) is 84.9 Å². The van der Waals surface area contributed by atoms with E-state index in [1.165, 1.54) is 7.11 Å². The van der Waals surface area contributed by atoms with Crippen molar-refractivity contribution in [3.63, 3.8) is 0 Å². The van der Waals surface area contributed by atoms with Crippen LogP contribution in [0, 0.1) is 11.8 Å². The number of hydroxylamine groups is 1. The molecule has 1 saturated carbocycles. The molecule has 0 spiro atoms. The number of carbonyl (C=O) groups is 2. The van der Waals surface area contributed by atoms with Gasteiger partial charge in [0.2, 0.25) is 5.91 Å². The van der Waals surface area contributed by atoms with Gasteiger partial charge in [0.05, 0.1) is 25.0 Å². The third kappa shape index (κ3) is 4.32. The lowest BCUT2D eigenvalue weighted by Gasteiger charge is -2.27. The zero-order valence-electron chi connectivity index (χ0n) is 9.98. The second kappa shape index (κ2) is 7.24. The van der Waals surface area contributed by atoms with Crippen molar-refractivity contribution in [1.29, 1.82) is 0 Å². The second-order valence-electron chi connectivity index (χ2n) is 4.14. The van der Waals surface area contributed by atoms with Crippen molar-refractivity contribution >= 4 is 11.9 Å². The molecule has 2 N–H and O–H groups in total. The number of carbonyl (C=O) groups excluding carboxylic acids is 1. The van der Waals surface area contributed by atoms with Crippen LogP contribution in [-0.4, -0.2) is 37.3 Å². The number of ether oxygens (including phenoxy) is 1. The molecule has 6 nitrogen and oxygen atoms in total. The van der Waals surface area contributed by atoms with Gasteiger partial charge in [-0.3, -0.25) is 14.4 Å². The number of amides is 1. The van der Waals surface area contributed by atoms with Crippen LogP contribution >= 0.6 is 0 Å². The van der Waals surface area contributed by atoms with Crippen LogP contribution in [0.1, 0.15) is 25.7 Å². The number of methoxy groups -OCH3 is 1. The Morgan fingerprint density at radius 2 is 1.88 bits per heavy atom. The van der Waals surface area contributed by atoms with Crippen LogP contribution in [0.2, 0.25) is 0 Å². The van der Waals surface area contributed by atoms with Crippen molar-refractivity contribution in [2.75, 3.05) is 20.3 Å². The van der Waals surface area contributed by atoms with Crippen LogP contribution in [0.15, 0.2) is 0 Å². The Kier molecular flexibility index (Phi) is 5.93. The molecular formula is C11H19NO5. The maximum Gasteiger partial charge on any atom is 0.307 e. The molecule has 1 amide bonds. The summed E-state index contributed by atoms with van der Waals surface area (Å²) in [5.41, 5.74) is 2.29. The van der Waals surface area contributed by atoms with Gasteiger partial charge in [-0.05, 0) is 12.8 Å². The number of aliphatic carboxylic acids is 1. The summed E-state index contributed by atoms with van der Waals surface area (Å²) in [6, 6.07) is 0. The Balaban J connectivity index is 2.39. The first-order chi connectivity index (χ1) is 8.16. The molecule has 0 aromatic heterocycles. The van der Waals surface area contributed by atoms with E-state index in [1.807, 2.05) is 0 Å². The SMILES string of the molecule is COCCONC(=O)[C@@H]1CCCC[C@@H]1C(=O)O. The Bertz CT molecular complexity index is 269. The highest BCUT2D eigenvalue weighted by Gasteiger charge is 2.35. The van der Waals surface area contributed by atoms with Gasteiger partial charge < -0.3 is 9.84 Å². The van der Waals surface area contributed by atoms with Gasteiger partial charge in [-0.1, -0.05) is 12.8 Å². The molecule has 0 unspecified atom stereocenters. The van der Waals surface area contributed by atoms with Gasteiger partial charge in [-0.25, -0.2) is 5.48 Å². The van der Waals surface area contributed by atoms with Gasteiger partial charge in [0, 0.05) is 7.11 Å². The number of carboxylic acid groups (broad SMARTS) is 1. The maximum atomic E-state index is 11.7. The average Bonchev–Trinajstić information content (AvgIpc) is 2.34. The quantitative estimate of drug-likeness (QED) is 0.528. The van der Waals surface area contributed by atoms with Crippen LogP contribution in [0.5, 0.6) is 0 Å². The summed E-state index contributed by atoms with van der Waals surface area (Å²) in [5.74, 6) is -2.31. The predicted octanol–water partition coefficient (Wildman–Crippen LogP) is 0.572. The monoisotopic (exact) mass is 245 g/mol. The summed E-state index contributed by atoms with van der Waals surface area (Å²) < 4.78 is 4.76. The fraction of sp³-hybridized carbons (Fsp3) is 0.818. The fourth-order valence-electron chi connectivity index (χ4n) is 2.06. The average molecular weight is 245 g/mol. The predicted molar refractivity (Wildman–Crippen MR) is 59.1 cm³/mol. The molecule has 0 aromatic carbocycles. The van der Waals surface area contributed by atoms with E-state index < -0.39 is 17.8 Å². The molecule has 0 bridgehead atoms. The summed E-state index contributed by atoms with van der Waals surface area (Å²) in [5, 5.41) is 9.03. The van der Waals surface area contributed by atoms with Gasteiger partial charge in [-0.15, -0.1) is 0 Å². The molecule has 17 heavy (non-hydrogen) atoms. The number of nitrogens with one attached hydrogen (secondary N) is 1. The lowest BCUT2D eigenvalue weighted by Crippen LogP contribution is -2.40. The van der Waals surface area contributed by atoms with E-state index in [2.05, 4.69) is 5.48 Å². The Labute approximate surface area is 100 Å². The molecule has 1 rings (SSSR count). The molecule has 2 atom stereocenters. The first-order valence-corrected chi connectivity index (χ1v) is 5.80. The molecule has 0 aliphatic heterocycles. The van der Waals surface area contributed by atoms with Crippen molar-refractivity contribution < 1.29 is 24.3 Å².